The van der Waals surface area contributed by atoms with Crippen LogP contribution in [0, 0.1) is 18.8 Å². The molecule has 21 heavy (non-hydrogen) atoms. The van der Waals surface area contributed by atoms with Gasteiger partial charge in [-0.15, -0.1) is 0 Å². The van der Waals surface area contributed by atoms with Crippen molar-refractivity contribution in [3.63, 3.8) is 0 Å². The van der Waals surface area contributed by atoms with Gasteiger partial charge in [0.25, 0.3) is 0 Å². The number of rotatable bonds is 2. The second kappa shape index (κ2) is 7.70. The van der Waals surface area contributed by atoms with Crippen LogP contribution < -0.4 is 10.6 Å². The van der Waals surface area contributed by atoms with E-state index in [1.54, 1.807) is 0 Å². The van der Waals surface area contributed by atoms with E-state index >= 15 is 0 Å². The molecule has 0 bridgehead atoms. The van der Waals surface area contributed by atoms with Gasteiger partial charge in [-0.3, -0.25) is 0 Å². The van der Waals surface area contributed by atoms with Crippen molar-refractivity contribution in [3.05, 3.63) is 29.3 Å². The number of aryl methyl sites for hydroxylation is 1. The molecule has 0 unspecified atom stereocenters. The number of urea groups is 1. The van der Waals surface area contributed by atoms with E-state index in [1.165, 1.54) is 19.3 Å². The molecule has 4 nitrogen and oxygen atoms in total. The molecule has 1 aromatic rings. The normalized spacial score (nSPS) is 15.0. The molecular formula is C17H22N2O2. The molecular weight excluding hydrogens is 264 g/mol. The SMILES string of the molecule is Cc1cc(NC(=O)NC2CCCCC2)ccc1C#CCO. The summed E-state index contributed by atoms with van der Waals surface area (Å²) in [4.78, 5) is 12.0. The van der Waals surface area contributed by atoms with E-state index in [2.05, 4.69) is 22.5 Å². The van der Waals surface area contributed by atoms with Crippen LogP contribution in [0.4, 0.5) is 10.5 Å². The Morgan fingerprint density at radius 3 is 2.76 bits per heavy atom. The summed E-state index contributed by atoms with van der Waals surface area (Å²) in [5.41, 5.74) is 2.60. The fraction of sp³-hybridized carbons (Fsp3) is 0.471. The lowest BCUT2D eigenvalue weighted by molar-refractivity contribution is 0.244. The topological polar surface area (TPSA) is 61.4 Å². The van der Waals surface area contributed by atoms with Crippen LogP contribution in [0.25, 0.3) is 0 Å². The number of carbonyl (C=O) groups excluding carboxylic acids is 1. The maximum atomic E-state index is 12.0. The third-order valence-electron chi connectivity index (χ3n) is 3.73. The first-order valence-corrected chi connectivity index (χ1v) is 7.47. The van der Waals surface area contributed by atoms with Crippen molar-refractivity contribution in [3.8, 4) is 11.8 Å². The van der Waals surface area contributed by atoms with Gasteiger partial charge in [-0.05, 0) is 43.5 Å². The number of anilines is 1. The fourth-order valence-electron chi connectivity index (χ4n) is 2.62. The van der Waals surface area contributed by atoms with Crippen LogP contribution in [0.1, 0.15) is 43.2 Å². The number of hydrogen-bond acceptors (Lipinski definition) is 2. The smallest absolute Gasteiger partial charge is 0.319 e. The highest BCUT2D eigenvalue weighted by Crippen LogP contribution is 2.18. The first-order valence-electron chi connectivity index (χ1n) is 7.47. The molecule has 2 amide bonds. The van der Waals surface area contributed by atoms with Crippen molar-refractivity contribution in [2.24, 2.45) is 0 Å². The predicted molar refractivity (Wildman–Crippen MR) is 84.2 cm³/mol. The number of carbonyl (C=O) groups is 1. The van der Waals surface area contributed by atoms with Gasteiger partial charge in [-0.25, -0.2) is 4.79 Å². The summed E-state index contributed by atoms with van der Waals surface area (Å²) in [7, 11) is 0. The van der Waals surface area contributed by atoms with E-state index in [0.29, 0.717) is 6.04 Å². The Kier molecular flexibility index (Phi) is 5.65. The average molecular weight is 286 g/mol. The molecule has 0 radical (unpaired) electrons. The molecule has 3 N–H and O–H groups in total. The Hall–Kier alpha value is -1.99. The summed E-state index contributed by atoms with van der Waals surface area (Å²) in [5, 5.41) is 14.6. The minimum atomic E-state index is -0.150. The van der Waals surface area contributed by atoms with Crippen molar-refractivity contribution < 1.29 is 9.90 Å². The number of aliphatic hydroxyl groups excluding tert-OH is 1. The van der Waals surface area contributed by atoms with Crippen LogP contribution in [0.3, 0.4) is 0 Å². The van der Waals surface area contributed by atoms with Crippen LogP contribution in [0.2, 0.25) is 0 Å². The van der Waals surface area contributed by atoms with E-state index in [4.69, 9.17) is 5.11 Å². The molecule has 0 heterocycles. The van der Waals surface area contributed by atoms with Gasteiger partial charge in [-0.1, -0.05) is 31.1 Å². The van der Waals surface area contributed by atoms with E-state index in [1.807, 2.05) is 25.1 Å². The van der Waals surface area contributed by atoms with Gasteiger partial charge in [0.1, 0.15) is 6.61 Å². The van der Waals surface area contributed by atoms with Crippen molar-refractivity contribution in [1.29, 1.82) is 0 Å². The molecule has 1 aliphatic rings. The summed E-state index contributed by atoms with van der Waals surface area (Å²) in [6, 6.07) is 5.73. The van der Waals surface area contributed by atoms with Crippen molar-refractivity contribution in [2.45, 2.75) is 45.1 Å². The van der Waals surface area contributed by atoms with Crippen LogP contribution in [0.15, 0.2) is 18.2 Å². The predicted octanol–water partition coefficient (Wildman–Crippen LogP) is 2.79. The summed E-state index contributed by atoms with van der Waals surface area (Å²) >= 11 is 0. The van der Waals surface area contributed by atoms with E-state index in [9.17, 15) is 4.79 Å². The van der Waals surface area contributed by atoms with Gasteiger partial charge in [-0.2, -0.15) is 0 Å². The third kappa shape index (κ3) is 4.80. The van der Waals surface area contributed by atoms with E-state index in [-0.39, 0.29) is 12.6 Å². The maximum absolute atomic E-state index is 12.0. The number of aliphatic hydroxyl groups is 1. The Balaban J connectivity index is 1.92. The van der Waals surface area contributed by atoms with Crippen LogP contribution >= 0.6 is 0 Å². The van der Waals surface area contributed by atoms with Crippen LogP contribution in [-0.4, -0.2) is 23.8 Å². The fourth-order valence-corrected chi connectivity index (χ4v) is 2.62. The Bertz CT molecular complexity index is 552. The van der Waals surface area contributed by atoms with Crippen molar-refractivity contribution in [1.82, 2.24) is 5.32 Å². The molecule has 1 aliphatic carbocycles. The minimum absolute atomic E-state index is 0.143. The zero-order chi connectivity index (χ0) is 15.1. The highest BCUT2D eigenvalue weighted by Gasteiger charge is 2.15. The molecule has 0 aromatic heterocycles. The largest absolute Gasteiger partial charge is 0.384 e. The van der Waals surface area contributed by atoms with Crippen LogP contribution in [0.5, 0.6) is 0 Å². The maximum Gasteiger partial charge on any atom is 0.319 e. The monoisotopic (exact) mass is 286 g/mol. The lowest BCUT2D eigenvalue weighted by atomic mass is 9.96. The first kappa shape index (κ1) is 15.4. The molecule has 1 aromatic carbocycles. The average Bonchev–Trinajstić information content (AvgIpc) is 2.47. The summed E-state index contributed by atoms with van der Waals surface area (Å²) in [5.74, 6) is 5.51. The quantitative estimate of drug-likeness (QED) is 0.732. The van der Waals surface area contributed by atoms with Gasteiger partial charge in [0.05, 0.1) is 0 Å². The Morgan fingerprint density at radius 2 is 2.10 bits per heavy atom. The van der Waals surface area contributed by atoms with Crippen molar-refractivity contribution >= 4 is 11.7 Å². The summed E-state index contributed by atoms with van der Waals surface area (Å²) in [6.07, 6.45) is 5.81. The second-order valence-corrected chi connectivity index (χ2v) is 5.42. The summed E-state index contributed by atoms with van der Waals surface area (Å²) in [6.45, 7) is 1.79. The number of amides is 2. The molecule has 2 rings (SSSR count). The molecule has 1 fully saturated rings. The molecule has 0 spiro atoms. The number of nitrogens with one attached hydrogen (secondary N) is 2. The standard InChI is InChI=1S/C17H22N2O2/c1-13-12-16(10-9-14(13)6-5-11-20)19-17(21)18-15-7-3-2-4-8-15/h9-10,12,15,20H,2-4,7-8,11H2,1H3,(H2,18,19,21). The summed E-state index contributed by atoms with van der Waals surface area (Å²) < 4.78 is 0. The van der Waals surface area contributed by atoms with Gasteiger partial charge in [0, 0.05) is 17.3 Å². The van der Waals surface area contributed by atoms with Gasteiger partial charge >= 0.3 is 6.03 Å². The molecule has 4 heteroatoms. The zero-order valence-corrected chi connectivity index (χ0v) is 12.4. The highest BCUT2D eigenvalue weighted by molar-refractivity contribution is 5.89. The van der Waals surface area contributed by atoms with Gasteiger partial charge in [0.15, 0.2) is 0 Å². The molecule has 0 saturated heterocycles. The highest BCUT2D eigenvalue weighted by atomic mass is 16.2. The first-order chi connectivity index (χ1) is 10.2. The number of benzene rings is 1. The van der Waals surface area contributed by atoms with Crippen molar-refractivity contribution in [2.75, 3.05) is 11.9 Å². The van der Waals surface area contributed by atoms with E-state index < -0.39 is 0 Å². The number of hydrogen-bond donors (Lipinski definition) is 3. The molecule has 112 valence electrons. The minimum Gasteiger partial charge on any atom is -0.384 e. The molecule has 0 atom stereocenters. The molecule has 0 aliphatic heterocycles. The second-order valence-electron chi connectivity index (χ2n) is 5.42. The lowest BCUT2D eigenvalue weighted by Crippen LogP contribution is -2.39. The van der Waals surface area contributed by atoms with E-state index in [0.717, 1.165) is 29.7 Å². The Labute approximate surface area is 125 Å². The zero-order valence-electron chi connectivity index (χ0n) is 12.4. The van der Waals surface area contributed by atoms with Gasteiger partial charge < -0.3 is 15.7 Å². The van der Waals surface area contributed by atoms with Crippen LogP contribution in [-0.2, 0) is 0 Å². The molecule has 1 saturated carbocycles. The van der Waals surface area contributed by atoms with Gasteiger partial charge in [0.2, 0.25) is 0 Å². The lowest BCUT2D eigenvalue weighted by Gasteiger charge is -2.22. The third-order valence-corrected chi connectivity index (χ3v) is 3.73. The Morgan fingerprint density at radius 1 is 1.33 bits per heavy atom.